The van der Waals surface area contributed by atoms with Gasteiger partial charge in [0.1, 0.15) is 12.4 Å². The molecule has 0 heterocycles. The summed E-state index contributed by atoms with van der Waals surface area (Å²) in [6.07, 6.45) is 20.8. The summed E-state index contributed by atoms with van der Waals surface area (Å²) < 4.78 is 5.57. The lowest BCUT2D eigenvalue weighted by atomic mass is 10.0. The Morgan fingerprint density at radius 3 is 2.10 bits per heavy atom. The number of para-hydroxylation sites is 1. The highest BCUT2D eigenvalue weighted by molar-refractivity contribution is 5.85. The van der Waals surface area contributed by atoms with Gasteiger partial charge in [0.2, 0.25) is 5.91 Å². The van der Waals surface area contributed by atoms with Crippen LogP contribution in [0.15, 0.2) is 42.0 Å². The van der Waals surface area contributed by atoms with Crippen LogP contribution in [0.5, 0.6) is 5.75 Å². The summed E-state index contributed by atoms with van der Waals surface area (Å²) in [5.74, 6) is 0.700. The van der Waals surface area contributed by atoms with E-state index in [0.29, 0.717) is 13.0 Å². The minimum Gasteiger partial charge on any atom is -0.489 e. The highest BCUT2D eigenvalue weighted by atomic mass is 16.5. The Balaban J connectivity index is 2.00. The minimum atomic E-state index is -0.0289. The second-order valence-corrected chi connectivity index (χ2v) is 7.92. The van der Waals surface area contributed by atoms with E-state index in [1.165, 1.54) is 70.6 Å². The van der Waals surface area contributed by atoms with E-state index in [0.717, 1.165) is 24.2 Å². The van der Waals surface area contributed by atoms with Crippen LogP contribution in [0.25, 0.3) is 0 Å². The fraction of sp³-hybridized carbons (Fsp3) is 0.615. The van der Waals surface area contributed by atoms with Gasteiger partial charge in [-0.15, -0.1) is 0 Å². The zero-order valence-corrected chi connectivity index (χ0v) is 19.0. The van der Waals surface area contributed by atoms with Gasteiger partial charge in [0.25, 0.3) is 0 Å². The third-order valence-corrected chi connectivity index (χ3v) is 5.18. The summed E-state index contributed by atoms with van der Waals surface area (Å²) in [6.45, 7) is 6.36. The molecule has 0 saturated heterocycles. The van der Waals surface area contributed by atoms with Crippen molar-refractivity contribution in [2.75, 3.05) is 6.61 Å². The van der Waals surface area contributed by atoms with Crippen molar-refractivity contribution in [3.05, 3.63) is 42.5 Å². The largest absolute Gasteiger partial charge is 0.489 e. The van der Waals surface area contributed by atoms with E-state index < -0.39 is 0 Å². The summed E-state index contributed by atoms with van der Waals surface area (Å²) >= 11 is 0. The van der Waals surface area contributed by atoms with Crippen LogP contribution in [-0.2, 0) is 4.79 Å². The summed E-state index contributed by atoms with van der Waals surface area (Å²) in [5.41, 5.74) is 3.45. The van der Waals surface area contributed by atoms with Crippen molar-refractivity contribution in [3.63, 3.8) is 0 Å². The SMILES string of the molecule is C=CCOc1ccccc1C=NNC(=O)CCCCCCCCCCCCCCC. The molecular formula is C26H42N2O2. The molecule has 1 rings (SSSR count). The van der Waals surface area contributed by atoms with Crippen molar-refractivity contribution >= 4 is 12.1 Å². The number of nitrogens with zero attached hydrogens (tertiary/aromatic N) is 1. The van der Waals surface area contributed by atoms with Gasteiger partial charge in [-0.2, -0.15) is 5.10 Å². The highest BCUT2D eigenvalue weighted by Crippen LogP contribution is 2.16. The molecule has 0 aliphatic rings. The highest BCUT2D eigenvalue weighted by Gasteiger charge is 2.02. The number of hydrazone groups is 1. The van der Waals surface area contributed by atoms with Crippen LogP contribution in [-0.4, -0.2) is 18.7 Å². The van der Waals surface area contributed by atoms with Crippen LogP contribution in [0.2, 0.25) is 0 Å². The monoisotopic (exact) mass is 414 g/mol. The van der Waals surface area contributed by atoms with Crippen molar-refractivity contribution in [2.24, 2.45) is 5.10 Å². The van der Waals surface area contributed by atoms with E-state index in [9.17, 15) is 4.79 Å². The zero-order valence-electron chi connectivity index (χ0n) is 19.0. The Labute approximate surface area is 184 Å². The van der Waals surface area contributed by atoms with Gasteiger partial charge >= 0.3 is 0 Å². The maximum atomic E-state index is 11.9. The Morgan fingerprint density at radius 1 is 0.933 bits per heavy atom. The molecule has 0 radical (unpaired) electrons. The molecule has 0 bridgehead atoms. The number of carbonyl (C=O) groups is 1. The van der Waals surface area contributed by atoms with E-state index in [1.807, 2.05) is 24.3 Å². The lowest BCUT2D eigenvalue weighted by Gasteiger charge is -2.06. The van der Waals surface area contributed by atoms with Crippen LogP contribution in [0.3, 0.4) is 0 Å². The van der Waals surface area contributed by atoms with Crippen LogP contribution in [0.4, 0.5) is 0 Å². The van der Waals surface area contributed by atoms with Gasteiger partial charge in [-0.3, -0.25) is 4.79 Å². The first-order valence-corrected chi connectivity index (χ1v) is 11.9. The van der Waals surface area contributed by atoms with E-state index in [1.54, 1.807) is 12.3 Å². The first-order chi connectivity index (χ1) is 14.8. The van der Waals surface area contributed by atoms with Gasteiger partial charge in [0, 0.05) is 12.0 Å². The number of benzene rings is 1. The van der Waals surface area contributed by atoms with E-state index in [-0.39, 0.29) is 5.91 Å². The third-order valence-electron chi connectivity index (χ3n) is 5.18. The number of amides is 1. The summed E-state index contributed by atoms with van der Waals surface area (Å²) in [7, 11) is 0. The van der Waals surface area contributed by atoms with Crippen LogP contribution in [0.1, 0.15) is 102 Å². The minimum absolute atomic E-state index is 0.0289. The number of hydrogen-bond donors (Lipinski definition) is 1. The van der Waals surface area contributed by atoms with Crippen molar-refractivity contribution in [1.82, 2.24) is 5.43 Å². The molecule has 0 saturated carbocycles. The number of hydrogen-bond acceptors (Lipinski definition) is 3. The number of nitrogens with one attached hydrogen (secondary N) is 1. The Kier molecular flexibility index (Phi) is 16.3. The van der Waals surface area contributed by atoms with E-state index >= 15 is 0 Å². The zero-order chi connectivity index (χ0) is 21.7. The predicted molar refractivity (Wildman–Crippen MR) is 128 cm³/mol. The van der Waals surface area contributed by atoms with Gasteiger partial charge in [0.05, 0.1) is 6.21 Å². The van der Waals surface area contributed by atoms with Crippen molar-refractivity contribution in [1.29, 1.82) is 0 Å². The van der Waals surface area contributed by atoms with Gasteiger partial charge in [0.15, 0.2) is 0 Å². The van der Waals surface area contributed by atoms with Crippen LogP contribution in [0, 0.1) is 0 Å². The maximum Gasteiger partial charge on any atom is 0.240 e. The standard InChI is InChI=1S/C26H42N2O2/c1-3-5-6-7-8-9-10-11-12-13-14-15-16-21-26(29)28-27-23-24-19-17-18-20-25(24)30-22-4-2/h4,17-20,23H,2-3,5-16,21-22H2,1H3,(H,28,29). The molecule has 1 aromatic carbocycles. The second kappa shape index (κ2) is 18.9. The second-order valence-electron chi connectivity index (χ2n) is 7.92. The number of rotatable bonds is 19. The van der Waals surface area contributed by atoms with Crippen LogP contribution >= 0.6 is 0 Å². The fourth-order valence-corrected chi connectivity index (χ4v) is 3.40. The molecule has 0 aromatic heterocycles. The fourth-order valence-electron chi connectivity index (χ4n) is 3.40. The third kappa shape index (κ3) is 14.0. The molecule has 1 amide bonds. The van der Waals surface area contributed by atoms with Crippen molar-refractivity contribution < 1.29 is 9.53 Å². The summed E-state index contributed by atoms with van der Waals surface area (Å²) in [6, 6.07) is 7.60. The average Bonchev–Trinajstić information content (AvgIpc) is 2.76. The average molecular weight is 415 g/mol. The summed E-state index contributed by atoms with van der Waals surface area (Å²) in [4.78, 5) is 11.9. The lowest BCUT2D eigenvalue weighted by Crippen LogP contribution is -2.17. The normalized spacial score (nSPS) is 11.0. The molecule has 4 heteroatoms. The van der Waals surface area contributed by atoms with E-state index in [4.69, 9.17) is 4.74 Å². The molecule has 0 atom stereocenters. The van der Waals surface area contributed by atoms with Crippen molar-refractivity contribution in [2.45, 2.75) is 96.8 Å². The van der Waals surface area contributed by atoms with Gasteiger partial charge in [-0.1, -0.05) is 109 Å². The number of ether oxygens (including phenoxy) is 1. The molecule has 0 aliphatic carbocycles. The molecule has 0 spiro atoms. The van der Waals surface area contributed by atoms with Crippen molar-refractivity contribution in [3.8, 4) is 5.75 Å². The molecule has 4 nitrogen and oxygen atoms in total. The molecule has 1 N–H and O–H groups in total. The van der Waals surface area contributed by atoms with Crippen LogP contribution < -0.4 is 10.2 Å². The molecule has 0 fully saturated rings. The predicted octanol–water partition coefficient (Wildman–Crippen LogP) is 7.18. The molecular weight excluding hydrogens is 372 g/mol. The number of unbranched alkanes of at least 4 members (excludes halogenated alkanes) is 12. The number of carbonyl (C=O) groups excluding carboxylic acids is 1. The van der Waals surface area contributed by atoms with Gasteiger partial charge in [-0.05, 0) is 18.6 Å². The molecule has 168 valence electrons. The molecule has 1 aromatic rings. The quantitative estimate of drug-likeness (QED) is 0.113. The molecule has 30 heavy (non-hydrogen) atoms. The van der Waals surface area contributed by atoms with E-state index in [2.05, 4.69) is 24.0 Å². The Morgan fingerprint density at radius 2 is 1.50 bits per heavy atom. The Bertz CT molecular complexity index is 598. The lowest BCUT2D eigenvalue weighted by molar-refractivity contribution is -0.121. The maximum absolute atomic E-state index is 11.9. The first-order valence-electron chi connectivity index (χ1n) is 11.9. The first kappa shape index (κ1) is 25.9. The smallest absolute Gasteiger partial charge is 0.240 e. The van der Waals surface area contributed by atoms with Gasteiger partial charge < -0.3 is 4.74 Å². The molecule has 0 unspecified atom stereocenters. The topological polar surface area (TPSA) is 50.7 Å². The Hall–Kier alpha value is -2.10. The summed E-state index contributed by atoms with van der Waals surface area (Å²) in [5, 5.41) is 4.06. The van der Waals surface area contributed by atoms with Gasteiger partial charge in [-0.25, -0.2) is 5.43 Å². The molecule has 0 aliphatic heterocycles.